The molecule has 0 radical (unpaired) electrons. The zero-order chi connectivity index (χ0) is 15.6. The van der Waals surface area contributed by atoms with Crippen LogP contribution in [-0.2, 0) is 10.9 Å². The molecule has 0 fully saturated rings. The Balaban J connectivity index is 2.50. The minimum absolute atomic E-state index is 0.00870. The molecule has 0 saturated heterocycles. The third-order valence-electron chi connectivity index (χ3n) is 2.51. The topological polar surface area (TPSA) is 65.2 Å². The molecule has 21 heavy (non-hydrogen) atoms. The number of thiazole rings is 1. The minimum atomic E-state index is -4.72. The first-order valence-corrected chi connectivity index (χ1v) is 6.75. The molecule has 1 aromatic heterocycles. The van der Waals surface area contributed by atoms with E-state index in [9.17, 15) is 18.0 Å². The van der Waals surface area contributed by atoms with Crippen LogP contribution in [0.25, 0.3) is 10.6 Å². The number of nitrogens with zero attached hydrogens (tertiary/aromatic N) is 1. The number of anilines is 1. The summed E-state index contributed by atoms with van der Waals surface area (Å²) in [4.78, 5) is 14.6. The average Bonchev–Trinajstić information content (AvgIpc) is 2.85. The van der Waals surface area contributed by atoms with Gasteiger partial charge in [-0.2, -0.15) is 13.2 Å². The summed E-state index contributed by atoms with van der Waals surface area (Å²) in [5.41, 5.74) is 5.24. The second kappa shape index (κ2) is 5.72. The monoisotopic (exact) mass is 316 g/mol. The van der Waals surface area contributed by atoms with Crippen molar-refractivity contribution in [1.82, 2.24) is 4.98 Å². The van der Waals surface area contributed by atoms with Crippen molar-refractivity contribution in [3.63, 3.8) is 0 Å². The fourth-order valence-corrected chi connectivity index (χ4v) is 2.58. The standard InChI is InChI=1S/C13H11F3N2O2S/c1-2-20-12(19)9-10(13(14,15)16)18-11(21-9)7-3-5-8(17)6-4-7/h3-6H,2,17H2,1H3. The largest absolute Gasteiger partial charge is 0.462 e. The number of nitrogens with two attached hydrogens (primary N) is 1. The Labute approximate surface area is 122 Å². The van der Waals surface area contributed by atoms with Crippen LogP contribution in [0.1, 0.15) is 22.3 Å². The van der Waals surface area contributed by atoms with Crippen molar-refractivity contribution in [3.05, 3.63) is 34.8 Å². The van der Waals surface area contributed by atoms with E-state index < -0.39 is 22.7 Å². The highest BCUT2D eigenvalue weighted by Crippen LogP contribution is 2.38. The Morgan fingerprint density at radius 3 is 2.48 bits per heavy atom. The second-order valence-corrected chi connectivity index (χ2v) is 5.04. The van der Waals surface area contributed by atoms with E-state index in [1.807, 2.05) is 0 Å². The van der Waals surface area contributed by atoms with Crippen LogP contribution in [0.15, 0.2) is 24.3 Å². The molecule has 1 aromatic carbocycles. The second-order valence-electron chi connectivity index (χ2n) is 4.04. The maximum Gasteiger partial charge on any atom is 0.435 e. The molecule has 0 amide bonds. The zero-order valence-corrected chi connectivity index (χ0v) is 11.7. The molecule has 4 nitrogen and oxygen atoms in total. The van der Waals surface area contributed by atoms with Crippen LogP contribution in [0.5, 0.6) is 0 Å². The van der Waals surface area contributed by atoms with E-state index >= 15 is 0 Å². The Morgan fingerprint density at radius 1 is 1.33 bits per heavy atom. The highest BCUT2D eigenvalue weighted by molar-refractivity contribution is 7.17. The number of ether oxygens (including phenoxy) is 1. The van der Waals surface area contributed by atoms with Gasteiger partial charge >= 0.3 is 12.1 Å². The number of esters is 1. The van der Waals surface area contributed by atoms with Gasteiger partial charge in [-0.05, 0) is 31.2 Å². The number of carbonyl (C=O) groups excluding carboxylic acids is 1. The van der Waals surface area contributed by atoms with E-state index in [0.717, 1.165) is 0 Å². The maximum absolute atomic E-state index is 13.0. The molecule has 2 N–H and O–H groups in total. The molecule has 2 rings (SSSR count). The van der Waals surface area contributed by atoms with Gasteiger partial charge in [0.2, 0.25) is 0 Å². The molecule has 0 aliphatic carbocycles. The summed E-state index contributed by atoms with van der Waals surface area (Å²) in [7, 11) is 0. The van der Waals surface area contributed by atoms with Crippen LogP contribution >= 0.6 is 11.3 Å². The van der Waals surface area contributed by atoms with Crippen molar-refractivity contribution >= 4 is 23.0 Å². The maximum atomic E-state index is 13.0. The van der Waals surface area contributed by atoms with Crippen molar-refractivity contribution in [1.29, 1.82) is 0 Å². The average molecular weight is 316 g/mol. The van der Waals surface area contributed by atoms with Crippen LogP contribution in [0.4, 0.5) is 18.9 Å². The van der Waals surface area contributed by atoms with E-state index in [0.29, 0.717) is 22.6 Å². The number of hydrogen-bond donors (Lipinski definition) is 1. The number of nitrogen functional groups attached to an aromatic ring is 1. The van der Waals surface area contributed by atoms with Crippen LogP contribution in [0.2, 0.25) is 0 Å². The molecule has 2 aromatic rings. The molecule has 112 valence electrons. The number of benzene rings is 1. The molecular formula is C13H11F3N2O2S. The number of rotatable bonds is 3. The molecule has 1 heterocycles. The molecule has 0 aliphatic rings. The van der Waals surface area contributed by atoms with Crippen molar-refractivity contribution < 1.29 is 22.7 Å². The van der Waals surface area contributed by atoms with Gasteiger partial charge in [0.1, 0.15) is 9.88 Å². The Morgan fingerprint density at radius 2 is 1.95 bits per heavy atom. The minimum Gasteiger partial charge on any atom is -0.462 e. The zero-order valence-electron chi connectivity index (χ0n) is 10.9. The van der Waals surface area contributed by atoms with Crippen molar-refractivity contribution in [2.24, 2.45) is 0 Å². The van der Waals surface area contributed by atoms with Gasteiger partial charge in [-0.15, -0.1) is 11.3 Å². The van der Waals surface area contributed by atoms with Gasteiger partial charge in [0.25, 0.3) is 0 Å². The SMILES string of the molecule is CCOC(=O)c1sc(-c2ccc(N)cc2)nc1C(F)(F)F. The smallest absolute Gasteiger partial charge is 0.435 e. The first-order valence-electron chi connectivity index (χ1n) is 5.94. The summed E-state index contributed by atoms with van der Waals surface area (Å²) >= 11 is 0.647. The van der Waals surface area contributed by atoms with Crippen molar-refractivity contribution in [3.8, 4) is 10.6 Å². The predicted molar refractivity (Wildman–Crippen MR) is 72.9 cm³/mol. The van der Waals surface area contributed by atoms with Gasteiger partial charge in [-0.3, -0.25) is 0 Å². The molecular weight excluding hydrogens is 305 g/mol. The third-order valence-corrected chi connectivity index (χ3v) is 3.60. The van der Waals surface area contributed by atoms with Crippen LogP contribution in [0.3, 0.4) is 0 Å². The van der Waals surface area contributed by atoms with Crippen LogP contribution in [0, 0.1) is 0 Å². The lowest BCUT2D eigenvalue weighted by atomic mass is 10.2. The molecule has 0 bridgehead atoms. The molecule has 0 saturated carbocycles. The summed E-state index contributed by atoms with van der Waals surface area (Å²) in [5.74, 6) is -1.02. The number of aromatic nitrogens is 1. The number of carbonyl (C=O) groups is 1. The summed E-state index contributed by atoms with van der Waals surface area (Å²) < 4.78 is 43.5. The first kappa shape index (κ1) is 15.3. The number of alkyl halides is 3. The van der Waals surface area contributed by atoms with E-state index in [2.05, 4.69) is 9.72 Å². The molecule has 0 atom stereocenters. The molecule has 8 heteroatoms. The van der Waals surface area contributed by atoms with Gasteiger partial charge in [0.05, 0.1) is 6.61 Å². The Hall–Kier alpha value is -2.09. The fourth-order valence-electron chi connectivity index (χ4n) is 1.60. The van der Waals surface area contributed by atoms with E-state index in [1.54, 1.807) is 24.3 Å². The summed E-state index contributed by atoms with van der Waals surface area (Å²) in [6.45, 7) is 1.51. The summed E-state index contributed by atoms with van der Waals surface area (Å²) in [6.07, 6.45) is -4.72. The van der Waals surface area contributed by atoms with Gasteiger partial charge in [0, 0.05) is 11.3 Å². The predicted octanol–water partition coefficient (Wildman–Crippen LogP) is 3.59. The van der Waals surface area contributed by atoms with Gasteiger partial charge in [-0.25, -0.2) is 9.78 Å². The Kier molecular flexibility index (Phi) is 4.17. The number of halogens is 3. The van der Waals surface area contributed by atoms with Crippen molar-refractivity contribution in [2.45, 2.75) is 13.1 Å². The summed E-state index contributed by atoms with van der Waals surface area (Å²) in [5, 5.41) is 0.0883. The van der Waals surface area contributed by atoms with Gasteiger partial charge in [0.15, 0.2) is 5.69 Å². The normalized spacial score (nSPS) is 11.4. The van der Waals surface area contributed by atoms with Gasteiger partial charge in [-0.1, -0.05) is 0 Å². The third kappa shape index (κ3) is 3.33. The lowest BCUT2D eigenvalue weighted by Gasteiger charge is -2.05. The van der Waals surface area contributed by atoms with Crippen LogP contribution in [-0.4, -0.2) is 17.6 Å². The molecule has 0 unspecified atom stereocenters. The highest BCUT2D eigenvalue weighted by Gasteiger charge is 2.40. The van der Waals surface area contributed by atoms with E-state index in [1.165, 1.54) is 6.92 Å². The number of hydrogen-bond acceptors (Lipinski definition) is 5. The van der Waals surface area contributed by atoms with Gasteiger partial charge < -0.3 is 10.5 Å². The lowest BCUT2D eigenvalue weighted by Crippen LogP contribution is -2.13. The highest BCUT2D eigenvalue weighted by atomic mass is 32.1. The molecule has 0 spiro atoms. The molecule has 0 aliphatic heterocycles. The first-order chi connectivity index (χ1) is 9.82. The summed E-state index contributed by atoms with van der Waals surface area (Å²) in [6, 6.07) is 6.19. The van der Waals surface area contributed by atoms with Crippen molar-refractivity contribution in [2.75, 3.05) is 12.3 Å². The Bertz CT molecular complexity index is 650. The lowest BCUT2D eigenvalue weighted by molar-refractivity contribution is -0.141. The van der Waals surface area contributed by atoms with Crippen LogP contribution < -0.4 is 5.73 Å². The van der Waals surface area contributed by atoms with E-state index in [4.69, 9.17) is 5.73 Å². The fraction of sp³-hybridized carbons (Fsp3) is 0.231. The quantitative estimate of drug-likeness (QED) is 0.694. The van der Waals surface area contributed by atoms with E-state index in [-0.39, 0.29) is 11.6 Å².